The maximum absolute atomic E-state index is 9.09. The van der Waals surface area contributed by atoms with Gasteiger partial charge in [0.05, 0.1) is 0 Å². The van der Waals surface area contributed by atoms with Crippen LogP contribution in [0, 0.1) is 0 Å². The van der Waals surface area contributed by atoms with E-state index in [1.165, 1.54) is 0 Å². The minimum Gasteiger partial charge on any atom is -1.00 e. The first-order valence-electron chi connectivity index (χ1n) is 1.43. The predicted octanol–water partition coefficient (Wildman–Crippen LogP) is 0.287. The molecule has 0 aromatic rings. The van der Waals surface area contributed by atoms with Crippen molar-refractivity contribution in [2.24, 2.45) is 11.5 Å². The topological polar surface area (TPSA) is 86.2 Å². The molecule has 0 saturated carbocycles. The molecule has 0 saturated heterocycles. The van der Waals surface area contributed by atoms with Gasteiger partial charge in [-0.05, 0) is 0 Å². The van der Waals surface area contributed by atoms with E-state index >= 15 is 0 Å². The van der Waals surface area contributed by atoms with Crippen LogP contribution in [0.1, 0.15) is 38.6 Å². The second-order valence-electron chi connectivity index (χ2n) is 0.676. The van der Waals surface area contributed by atoms with Gasteiger partial charge in [0.15, 0.2) is 0 Å². The van der Waals surface area contributed by atoms with Gasteiger partial charge < -0.3 is 12.9 Å². The Balaban J connectivity index is -0.00000000468. The molecule has 90 valence electrons. The molecule has 2 amide bonds. The first kappa shape index (κ1) is 61.8. The van der Waals surface area contributed by atoms with E-state index in [0.29, 0.717) is 0 Å². The largest absolute Gasteiger partial charge is 1.00 e. The molecule has 0 radical (unpaired) electrons. The molecule has 0 aromatic carbocycles. The van der Waals surface area contributed by atoms with E-state index in [1.54, 1.807) is 0 Å². The Kier molecular flexibility index (Phi) is 218. The summed E-state index contributed by atoms with van der Waals surface area (Å²) in [6.45, 7) is 0. The number of hydrogen-bond acceptors (Lipinski definition) is 2. The molecular weight excluding hydrogens is 231 g/mol. The van der Waals surface area contributed by atoms with Crippen molar-refractivity contribution in [3.05, 3.63) is 0 Å². The van der Waals surface area contributed by atoms with E-state index in [9.17, 15) is 0 Å². The zero-order valence-corrected chi connectivity index (χ0v) is 8.65. The Morgan fingerprint density at radius 3 is 0.786 bits per heavy atom. The number of thiol groups is 2. The summed E-state index contributed by atoms with van der Waals surface area (Å²) in [5, 5.41) is -1.28. The molecule has 0 atom stereocenters. The van der Waals surface area contributed by atoms with Crippen molar-refractivity contribution in [3.63, 3.8) is 0 Å². The third-order valence-electron chi connectivity index (χ3n) is 0. The average Bonchev–Trinajstić information content (AvgIpc) is 1.25. The molecule has 0 aliphatic rings. The molecule has 4 nitrogen and oxygen atoms in total. The van der Waals surface area contributed by atoms with Crippen molar-refractivity contribution < 1.29 is 40.6 Å². The first-order valence-corrected chi connectivity index (χ1v) is 2.33. The third-order valence-corrected chi connectivity index (χ3v) is 0. The summed E-state index contributed by atoms with van der Waals surface area (Å²) < 4.78 is 0. The summed E-state index contributed by atoms with van der Waals surface area (Å²) in [5.41, 5.74) is 8.67. The van der Waals surface area contributed by atoms with E-state index in [4.69, 9.17) is 9.59 Å². The normalized spacial score (nSPS) is 3.57. The number of hydrogen-bond donors (Lipinski definition) is 4. The van der Waals surface area contributed by atoms with Crippen LogP contribution in [0.5, 0.6) is 0 Å². The minimum atomic E-state index is -0.639. The molecular formula is C7H27N2NaO2S2. The molecule has 0 unspecified atom stereocenters. The molecule has 0 aliphatic carbocycles. The molecule has 0 aliphatic heterocycles. The smallest absolute Gasteiger partial charge is 1.00 e. The molecule has 0 fully saturated rings. The molecule has 0 heterocycles. The van der Waals surface area contributed by atoms with E-state index < -0.39 is 10.5 Å². The van der Waals surface area contributed by atoms with Crippen molar-refractivity contribution in [1.29, 1.82) is 0 Å². The first-order chi connectivity index (χ1) is 3.46. The SMILES string of the molecule is C.C.C.C.C.NC(=O)S.NC(=O)S.[H-].[Na+]. The Labute approximate surface area is 124 Å². The zero-order valence-electron chi connectivity index (χ0n) is 5.87. The van der Waals surface area contributed by atoms with Gasteiger partial charge in [-0.1, -0.05) is 62.4 Å². The molecule has 4 N–H and O–H groups in total. The zero-order chi connectivity index (χ0) is 7.15. The standard InChI is InChI=1S/2CH3NOS.5CH4.Na.H/c2*2-1(3)4;;;;;;;/h2*(H3,2,3,4);5*1H4;;/q;;;;;;;+1;-1. The van der Waals surface area contributed by atoms with Gasteiger partial charge in [0, 0.05) is 0 Å². The van der Waals surface area contributed by atoms with Crippen LogP contribution in [0.25, 0.3) is 0 Å². The minimum absolute atomic E-state index is 0. The van der Waals surface area contributed by atoms with Crippen LogP contribution < -0.4 is 41.0 Å². The van der Waals surface area contributed by atoms with Gasteiger partial charge >= 0.3 is 29.6 Å². The van der Waals surface area contributed by atoms with Gasteiger partial charge in [0.2, 0.25) is 0 Å². The Bertz CT molecular complexity index is 91.0. The second-order valence-corrected chi connectivity index (χ2v) is 1.56. The molecule has 0 spiro atoms. The number of carbonyl (C=O) groups excluding carboxylic acids is 2. The molecule has 0 aromatic heterocycles. The number of primary amides is 2. The summed E-state index contributed by atoms with van der Waals surface area (Å²) in [4.78, 5) is 18.2. The second kappa shape index (κ2) is 49.4. The van der Waals surface area contributed by atoms with Gasteiger partial charge in [-0.3, -0.25) is 9.59 Å². The van der Waals surface area contributed by atoms with Crippen LogP contribution in [0.4, 0.5) is 9.59 Å². The molecule has 14 heavy (non-hydrogen) atoms. The fourth-order valence-electron chi connectivity index (χ4n) is 0. The number of nitrogens with two attached hydrogens (primary N) is 2. The molecule has 7 heteroatoms. The summed E-state index contributed by atoms with van der Waals surface area (Å²) in [7, 11) is 0. The number of rotatable bonds is 0. The third kappa shape index (κ3) is 4180. The summed E-state index contributed by atoms with van der Waals surface area (Å²) >= 11 is 6.21. The van der Waals surface area contributed by atoms with Gasteiger partial charge in [0.1, 0.15) is 0 Å². The van der Waals surface area contributed by atoms with Crippen LogP contribution in [0.3, 0.4) is 0 Å². The average molecular weight is 258 g/mol. The van der Waals surface area contributed by atoms with E-state index in [2.05, 4.69) is 36.7 Å². The quantitative estimate of drug-likeness (QED) is 0.372. The molecule has 0 rings (SSSR count). The van der Waals surface area contributed by atoms with Crippen molar-refractivity contribution >= 4 is 35.7 Å². The fourth-order valence-corrected chi connectivity index (χ4v) is 0. The Hall–Kier alpha value is 0.640. The molecule has 0 bridgehead atoms. The van der Waals surface area contributed by atoms with Gasteiger partial charge in [-0.25, -0.2) is 0 Å². The van der Waals surface area contributed by atoms with E-state index in [0.717, 1.165) is 0 Å². The van der Waals surface area contributed by atoms with Gasteiger partial charge in [-0.2, -0.15) is 0 Å². The monoisotopic (exact) mass is 258 g/mol. The van der Waals surface area contributed by atoms with Crippen molar-refractivity contribution in [3.8, 4) is 0 Å². The fraction of sp³-hybridized carbons (Fsp3) is 0.714. The van der Waals surface area contributed by atoms with Crippen LogP contribution >= 0.6 is 25.3 Å². The maximum Gasteiger partial charge on any atom is 1.00 e. The van der Waals surface area contributed by atoms with Crippen LogP contribution in [-0.4, -0.2) is 10.5 Å². The predicted molar refractivity (Wildman–Crippen MR) is 71.9 cm³/mol. The summed E-state index contributed by atoms with van der Waals surface area (Å²) in [5.74, 6) is 0. The van der Waals surface area contributed by atoms with Gasteiger partial charge in [0.25, 0.3) is 10.5 Å². The van der Waals surface area contributed by atoms with Crippen molar-refractivity contribution in [2.45, 2.75) is 37.1 Å². The van der Waals surface area contributed by atoms with Gasteiger partial charge in [-0.15, -0.1) is 0 Å². The van der Waals surface area contributed by atoms with Crippen LogP contribution in [0.15, 0.2) is 0 Å². The summed E-state index contributed by atoms with van der Waals surface area (Å²) in [6.07, 6.45) is 0. The van der Waals surface area contributed by atoms with Crippen molar-refractivity contribution in [2.75, 3.05) is 0 Å². The Morgan fingerprint density at radius 2 is 0.786 bits per heavy atom. The van der Waals surface area contributed by atoms with E-state index in [1.807, 2.05) is 0 Å². The van der Waals surface area contributed by atoms with Crippen molar-refractivity contribution in [1.82, 2.24) is 0 Å². The Morgan fingerprint density at radius 1 is 0.786 bits per heavy atom. The maximum atomic E-state index is 9.09. The van der Waals surface area contributed by atoms with E-state index in [-0.39, 0.29) is 68.1 Å². The number of carbonyl (C=O) groups is 2. The van der Waals surface area contributed by atoms with Crippen LogP contribution in [-0.2, 0) is 0 Å². The van der Waals surface area contributed by atoms with Crippen LogP contribution in [0.2, 0.25) is 0 Å². The number of amides is 2. The summed E-state index contributed by atoms with van der Waals surface area (Å²) in [6, 6.07) is 0.